The lowest BCUT2D eigenvalue weighted by Gasteiger charge is -2.08. The van der Waals surface area contributed by atoms with E-state index in [1.807, 2.05) is 30.3 Å². The largest absolute Gasteiger partial charge is 0.366 e. The average Bonchev–Trinajstić information content (AvgIpc) is 2.63. The molecule has 0 unspecified atom stereocenters. The van der Waals surface area contributed by atoms with Gasteiger partial charge >= 0.3 is 0 Å². The van der Waals surface area contributed by atoms with Crippen LogP contribution in [0, 0.1) is 0 Å². The van der Waals surface area contributed by atoms with E-state index in [4.69, 9.17) is 11.6 Å². The van der Waals surface area contributed by atoms with E-state index in [2.05, 4.69) is 20.6 Å². The lowest BCUT2D eigenvalue weighted by molar-refractivity contribution is 0.102. The lowest BCUT2D eigenvalue weighted by atomic mass is 10.2. The van der Waals surface area contributed by atoms with Crippen molar-refractivity contribution < 1.29 is 4.79 Å². The van der Waals surface area contributed by atoms with Crippen LogP contribution in [-0.2, 0) is 6.54 Å². The fourth-order valence-corrected chi connectivity index (χ4v) is 2.22. The van der Waals surface area contributed by atoms with Crippen molar-refractivity contribution in [2.75, 3.05) is 10.6 Å². The van der Waals surface area contributed by atoms with Gasteiger partial charge in [-0.3, -0.25) is 4.79 Å². The molecule has 6 heteroatoms. The number of hydrogen-bond donors (Lipinski definition) is 2. The van der Waals surface area contributed by atoms with Crippen molar-refractivity contribution in [3.05, 3.63) is 83.3 Å². The molecule has 0 saturated carbocycles. The number of halogens is 1. The number of benzene rings is 2. The first-order valence-electron chi connectivity index (χ1n) is 7.37. The zero-order chi connectivity index (χ0) is 16.8. The molecule has 1 aromatic heterocycles. The van der Waals surface area contributed by atoms with Gasteiger partial charge in [0, 0.05) is 23.3 Å². The Hall–Kier alpha value is -2.92. The highest BCUT2D eigenvalue weighted by atomic mass is 35.5. The maximum absolute atomic E-state index is 12.3. The van der Waals surface area contributed by atoms with E-state index < -0.39 is 0 Å². The number of amides is 1. The van der Waals surface area contributed by atoms with Crippen LogP contribution in [0.1, 0.15) is 16.1 Å². The summed E-state index contributed by atoms with van der Waals surface area (Å²) in [5.41, 5.74) is 2.07. The van der Waals surface area contributed by atoms with Crippen molar-refractivity contribution in [1.29, 1.82) is 0 Å². The number of carbonyl (C=O) groups is 1. The van der Waals surface area contributed by atoms with Gasteiger partial charge in [-0.2, -0.15) is 0 Å². The van der Waals surface area contributed by atoms with Crippen LogP contribution in [0.5, 0.6) is 0 Å². The molecule has 0 aliphatic rings. The molecule has 0 radical (unpaired) electrons. The van der Waals surface area contributed by atoms with E-state index in [9.17, 15) is 4.79 Å². The summed E-state index contributed by atoms with van der Waals surface area (Å²) >= 11 is 5.83. The first-order chi connectivity index (χ1) is 11.7. The van der Waals surface area contributed by atoms with Crippen molar-refractivity contribution >= 4 is 29.0 Å². The number of hydrogen-bond acceptors (Lipinski definition) is 4. The quantitative estimate of drug-likeness (QED) is 0.738. The van der Waals surface area contributed by atoms with Crippen molar-refractivity contribution in [3.8, 4) is 0 Å². The molecule has 0 bridgehead atoms. The van der Waals surface area contributed by atoms with Gasteiger partial charge in [-0.15, -0.1) is 0 Å². The van der Waals surface area contributed by atoms with Crippen molar-refractivity contribution in [2.24, 2.45) is 0 Å². The number of nitrogens with zero attached hydrogens (tertiary/aromatic N) is 2. The zero-order valence-corrected chi connectivity index (χ0v) is 13.5. The van der Waals surface area contributed by atoms with E-state index in [0.29, 0.717) is 23.1 Å². The monoisotopic (exact) mass is 338 g/mol. The maximum atomic E-state index is 12.3. The third-order valence-corrected chi connectivity index (χ3v) is 3.57. The van der Waals surface area contributed by atoms with Crippen LogP contribution in [-0.4, -0.2) is 15.9 Å². The lowest BCUT2D eigenvalue weighted by Crippen LogP contribution is -2.14. The van der Waals surface area contributed by atoms with Crippen LogP contribution in [0.15, 0.2) is 67.0 Å². The molecule has 5 nitrogen and oxygen atoms in total. The van der Waals surface area contributed by atoms with E-state index in [1.165, 1.54) is 6.33 Å². The normalized spacial score (nSPS) is 10.2. The maximum Gasteiger partial charge on any atom is 0.274 e. The van der Waals surface area contributed by atoms with Crippen LogP contribution in [0.25, 0.3) is 0 Å². The third kappa shape index (κ3) is 4.30. The van der Waals surface area contributed by atoms with Crippen LogP contribution in [0.2, 0.25) is 5.02 Å². The number of rotatable bonds is 5. The summed E-state index contributed by atoms with van der Waals surface area (Å²) < 4.78 is 0. The van der Waals surface area contributed by atoms with Gasteiger partial charge in [0.15, 0.2) is 0 Å². The smallest absolute Gasteiger partial charge is 0.274 e. The molecule has 0 atom stereocenters. The van der Waals surface area contributed by atoms with Gasteiger partial charge in [-0.1, -0.05) is 41.9 Å². The van der Waals surface area contributed by atoms with Crippen molar-refractivity contribution in [1.82, 2.24) is 9.97 Å². The Kier molecular flexibility index (Phi) is 5.03. The highest BCUT2D eigenvalue weighted by molar-refractivity contribution is 6.30. The molecule has 3 rings (SSSR count). The molecule has 1 amide bonds. The molecule has 0 aliphatic carbocycles. The molecule has 1 heterocycles. The van der Waals surface area contributed by atoms with Crippen molar-refractivity contribution in [3.63, 3.8) is 0 Å². The van der Waals surface area contributed by atoms with Crippen LogP contribution >= 0.6 is 11.6 Å². The molecule has 2 N–H and O–H groups in total. The summed E-state index contributed by atoms with van der Waals surface area (Å²) in [6.07, 6.45) is 1.37. The van der Waals surface area contributed by atoms with Gasteiger partial charge in [-0.05, 0) is 29.8 Å². The van der Waals surface area contributed by atoms with E-state index in [0.717, 1.165) is 5.56 Å². The highest BCUT2D eigenvalue weighted by Crippen LogP contribution is 2.15. The summed E-state index contributed by atoms with van der Waals surface area (Å²) in [7, 11) is 0. The number of aromatic nitrogens is 2. The minimum atomic E-state index is -0.303. The first-order valence-corrected chi connectivity index (χ1v) is 7.75. The Morgan fingerprint density at radius 3 is 2.50 bits per heavy atom. The predicted octanol–water partition coefficient (Wildman–Crippen LogP) is 3.99. The molecule has 120 valence electrons. The molecule has 0 spiro atoms. The summed E-state index contributed by atoms with van der Waals surface area (Å²) in [4.78, 5) is 20.4. The van der Waals surface area contributed by atoms with E-state index in [1.54, 1.807) is 30.3 Å². The first kappa shape index (κ1) is 16.0. The highest BCUT2D eigenvalue weighted by Gasteiger charge is 2.09. The fourth-order valence-electron chi connectivity index (χ4n) is 2.09. The molecule has 24 heavy (non-hydrogen) atoms. The third-order valence-electron chi connectivity index (χ3n) is 3.32. The van der Waals surface area contributed by atoms with E-state index in [-0.39, 0.29) is 11.6 Å². The van der Waals surface area contributed by atoms with Gasteiger partial charge in [0.05, 0.1) is 0 Å². The summed E-state index contributed by atoms with van der Waals surface area (Å²) in [6, 6.07) is 18.5. The molecular formula is C18H15ClN4O. The molecule has 3 aromatic rings. The summed E-state index contributed by atoms with van der Waals surface area (Å²) in [5.74, 6) is 0.289. The molecule has 0 fully saturated rings. The van der Waals surface area contributed by atoms with E-state index >= 15 is 0 Å². The molecule has 0 saturated heterocycles. The standard InChI is InChI=1S/C18H15ClN4O/c19-14-6-8-15(9-7-14)23-18(24)16-10-17(22-12-21-16)20-11-13-4-2-1-3-5-13/h1-10,12H,11H2,(H,23,24)(H,20,21,22). The number of anilines is 2. The van der Waals surface area contributed by atoms with Gasteiger partial charge in [0.2, 0.25) is 0 Å². The summed E-state index contributed by atoms with van der Waals surface area (Å²) in [5, 5.41) is 6.56. The van der Waals surface area contributed by atoms with Crippen LogP contribution in [0.4, 0.5) is 11.5 Å². The fraction of sp³-hybridized carbons (Fsp3) is 0.0556. The molecule has 0 aliphatic heterocycles. The SMILES string of the molecule is O=C(Nc1ccc(Cl)cc1)c1cc(NCc2ccccc2)ncn1. The topological polar surface area (TPSA) is 66.9 Å². The second-order valence-electron chi connectivity index (χ2n) is 5.09. The molecular weight excluding hydrogens is 324 g/mol. The second kappa shape index (κ2) is 7.57. The van der Waals surface area contributed by atoms with Gasteiger partial charge in [0.1, 0.15) is 17.8 Å². The minimum absolute atomic E-state index is 0.288. The average molecular weight is 339 g/mol. The van der Waals surface area contributed by atoms with Crippen LogP contribution < -0.4 is 10.6 Å². The predicted molar refractivity (Wildman–Crippen MR) is 95.2 cm³/mol. The van der Waals surface area contributed by atoms with Crippen molar-refractivity contribution in [2.45, 2.75) is 6.54 Å². The second-order valence-corrected chi connectivity index (χ2v) is 5.53. The summed E-state index contributed by atoms with van der Waals surface area (Å²) in [6.45, 7) is 0.621. The molecule has 2 aromatic carbocycles. The Bertz CT molecular complexity index is 822. The number of carbonyl (C=O) groups excluding carboxylic acids is 1. The Labute approximate surface area is 144 Å². The number of nitrogens with one attached hydrogen (secondary N) is 2. The van der Waals surface area contributed by atoms with Gasteiger partial charge in [0.25, 0.3) is 5.91 Å². The Morgan fingerprint density at radius 1 is 1.00 bits per heavy atom. The minimum Gasteiger partial charge on any atom is -0.366 e. The van der Waals surface area contributed by atoms with Crippen LogP contribution in [0.3, 0.4) is 0 Å². The zero-order valence-electron chi connectivity index (χ0n) is 12.7. The Morgan fingerprint density at radius 2 is 1.75 bits per heavy atom. The van der Waals surface area contributed by atoms with Gasteiger partial charge < -0.3 is 10.6 Å². The Balaban J connectivity index is 1.65. The van der Waals surface area contributed by atoms with Gasteiger partial charge in [-0.25, -0.2) is 9.97 Å².